The third-order valence-electron chi connectivity index (χ3n) is 3.76. The maximum atomic E-state index is 11.4. The molecule has 19 heavy (non-hydrogen) atoms. The summed E-state index contributed by atoms with van der Waals surface area (Å²) in [6, 6.07) is 6.48. The average molecular weight is 260 g/mol. The van der Waals surface area contributed by atoms with E-state index in [1.54, 1.807) is 0 Å². The van der Waals surface area contributed by atoms with Crippen LogP contribution in [0.3, 0.4) is 0 Å². The summed E-state index contributed by atoms with van der Waals surface area (Å²) in [6.45, 7) is 3.20. The molecule has 1 saturated carbocycles. The molecular weight excluding hydrogens is 240 g/mol. The molecule has 1 aliphatic carbocycles. The smallest absolute Gasteiger partial charge is 0.262 e. The maximum Gasteiger partial charge on any atom is 0.262 e. The maximum absolute atomic E-state index is 11.4. The third kappa shape index (κ3) is 2.89. The molecule has 1 amide bonds. The van der Waals surface area contributed by atoms with Gasteiger partial charge >= 0.3 is 0 Å². The van der Waals surface area contributed by atoms with Crippen molar-refractivity contribution in [2.75, 3.05) is 18.5 Å². The van der Waals surface area contributed by atoms with Crippen molar-refractivity contribution in [1.82, 2.24) is 5.32 Å². The highest BCUT2D eigenvalue weighted by Crippen LogP contribution is 2.39. The zero-order chi connectivity index (χ0) is 13.2. The van der Waals surface area contributed by atoms with Gasteiger partial charge in [-0.25, -0.2) is 0 Å². The molecule has 4 nitrogen and oxygen atoms in total. The number of nitrogens with one attached hydrogen (secondary N) is 2. The Morgan fingerprint density at radius 1 is 1.47 bits per heavy atom. The lowest BCUT2D eigenvalue weighted by atomic mass is 10.00. The van der Waals surface area contributed by atoms with Gasteiger partial charge in [0.15, 0.2) is 6.61 Å². The Bertz CT molecular complexity index is 483. The quantitative estimate of drug-likeness (QED) is 0.855. The number of fused-ring (bicyclic) bond motifs is 1. The summed E-state index contributed by atoms with van der Waals surface area (Å²) in [5, 5.41) is 6.41. The van der Waals surface area contributed by atoms with E-state index in [1.165, 1.54) is 24.8 Å². The van der Waals surface area contributed by atoms with Crippen LogP contribution in [0.15, 0.2) is 18.2 Å². The molecule has 2 N–H and O–H groups in total. The fourth-order valence-electron chi connectivity index (χ4n) is 2.59. The molecular formula is C15H20N2O2. The molecule has 1 fully saturated rings. The normalized spacial score (nSPS) is 19.3. The van der Waals surface area contributed by atoms with Crippen molar-refractivity contribution in [3.05, 3.63) is 23.8 Å². The van der Waals surface area contributed by atoms with Crippen molar-refractivity contribution < 1.29 is 9.53 Å². The monoisotopic (exact) mass is 260 g/mol. The van der Waals surface area contributed by atoms with E-state index in [-0.39, 0.29) is 12.5 Å². The van der Waals surface area contributed by atoms with Crippen LogP contribution in [0.4, 0.5) is 5.69 Å². The minimum atomic E-state index is -0.0770. The van der Waals surface area contributed by atoms with E-state index >= 15 is 0 Å². The van der Waals surface area contributed by atoms with Gasteiger partial charge in [-0.1, -0.05) is 25.8 Å². The fraction of sp³-hybridized carbons (Fsp3) is 0.533. The first kappa shape index (κ1) is 12.5. The first-order valence-electron chi connectivity index (χ1n) is 7.06. The Labute approximate surface area is 113 Å². The number of ether oxygens (including phenoxy) is 1. The Morgan fingerprint density at radius 2 is 2.32 bits per heavy atom. The van der Waals surface area contributed by atoms with E-state index in [4.69, 9.17) is 4.74 Å². The standard InChI is InChI=1S/C15H20N2O2/c1-2-16-12(7-10-3-4-10)11-5-6-14-13(8-11)17-15(18)9-19-14/h5-6,8,10,12,16H,2-4,7,9H2,1H3,(H,17,18). The van der Waals surface area contributed by atoms with Crippen molar-refractivity contribution in [2.24, 2.45) is 5.92 Å². The molecule has 1 aliphatic heterocycles. The van der Waals surface area contributed by atoms with E-state index in [0.717, 1.165) is 23.9 Å². The molecule has 102 valence electrons. The highest BCUT2D eigenvalue weighted by Gasteiger charge is 2.26. The number of hydrogen-bond acceptors (Lipinski definition) is 3. The van der Waals surface area contributed by atoms with Crippen LogP contribution < -0.4 is 15.4 Å². The summed E-state index contributed by atoms with van der Waals surface area (Å²) in [6.07, 6.45) is 3.89. The molecule has 2 aliphatic rings. The van der Waals surface area contributed by atoms with Gasteiger partial charge in [-0.3, -0.25) is 4.79 Å². The van der Waals surface area contributed by atoms with Gasteiger partial charge in [-0.05, 0) is 36.6 Å². The first-order chi connectivity index (χ1) is 9.26. The Balaban J connectivity index is 1.81. The summed E-state index contributed by atoms with van der Waals surface area (Å²) >= 11 is 0. The minimum Gasteiger partial charge on any atom is -0.482 e. The Hall–Kier alpha value is -1.55. The van der Waals surface area contributed by atoms with Crippen molar-refractivity contribution in [1.29, 1.82) is 0 Å². The van der Waals surface area contributed by atoms with Crippen molar-refractivity contribution in [3.63, 3.8) is 0 Å². The van der Waals surface area contributed by atoms with Gasteiger partial charge in [0.25, 0.3) is 5.91 Å². The summed E-state index contributed by atoms with van der Waals surface area (Å²) in [4.78, 5) is 11.4. The molecule has 0 saturated heterocycles. The van der Waals surface area contributed by atoms with Gasteiger partial charge < -0.3 is 15.4 Å². The zero-order valence-corrected chi connectivity index (χ0v) is 11.2. The van der Waals surface area contributed by atoms with Gasteiger partial charge in [-0.2, -0.15) is 0 Å². The number of carbonyl (C=O) groups excluding carboxylic acids is 1. The van der Waals surface area contributed by atoms with E-state index in [9.17, 15) is 4.79 Å². The van der Waals surface area contributed by atoms with Crippen molar-refractivity contribution in [2.45, 2.75) is 32.2 Å². The SMILES string of the molecule is CCNC(CC1CC1)c1ccc2c(c1)NC(=O)CO2. The molecule has 1 aromatic rings. The molecule has 0 spiro atoms. The van der Waals surface area contributed by atoms with Crippen LogP contribution in [-0.4, -0.2) is 19.1 Å². The summed E-state index contributed by atoms with van der Waals surface area (Å²) in [7, 11) is 0. The van der Waals surface area contributed by atoms with Gasteiger partial charge in [0.1, 0.15) is 5.75 Å². The van der Waals surface area contributed by atoms with E-state index in [1.807, 2.05) is 12.1 Å². The number of amides is 1. The second-order valence-electron chi connectivity index (χ2n) is 5.38. The van der Waals surface area contributed by atoms with Crippen molar-refractivity contribution >= 4 is 11.6 Å². The number of rotatable bonds is 5. The minimum absolute atomic E-state index is 0.0770. The molecule has 3 rings (SSSR count). The first-order valence-corrected chi connectivity index (χ1v) is 7.06. The lowest BCUT2D eigenvalue weighted by molar-refractivity contribution is -0.118. The Kier molecular flexibility index (Phi) is 3.42. The number of carbonyl (C=O) groups is 1. The lowest BCUT2D eigenvalue weighted by Crippen LogP contribution is -2.26. The molecule has 1 atom stereocenters. The van der Waals surface area contributed by atoms with Crippen molar-refractivity contribution in [3.8, 4) is 5.75 Å². The summed E-state index contributed by atoms with van der Waals surface area (Å²) in [5.74, 6) is 1.56. The largest absolute Gasteiger partial charge is 0.482 e. The molecule has 0 bridgehead atoms. The fourth-order valence-corrected chi connectivity index (χ4v) is 2.59. The third-order valence-corrected chi connectivity index (χ3v) is 3.76. The molecule has 0 radical (unpaired) electrons. The summed E-state index contributed by atoms with van der Waals surface area (Å²) < 4.78 is 5.39. The second kappa shape index (κ2) is 5.21. The highest BCUT2D eigenvalue weighted by atomic mass is 16.5. The van der Waals surface area contributed by atoms with Crippen LogP contribution in [0.1, 0.15) is 37.8 Å². The number of anilines is 1. The zero-order valence-electron chi connectivity index (χ0n) is 11.2. The van der Waals surface area contributed by atoms with E-state index in [0.29, 0.717) is 6.04 Å². The van der Waals surface area contributed by atoms with Crippen LogP contribution in [0.5, 0.6) is 5.75 Å². The van der Waals surface area contributed by atoms with Crippen LogP contribution in [0.25, 0.3) is 0 Å². The van der Waals surface area contributed by atoms with Crippen LogP contribution in [0.2, 0.25) is 0 Å². The number of hydrogen-bond donors (Lipinski definition) is 2. The second-order valence-corrected chi connectivity index (χ2v) is 5.38. The topological polar surface area (TPSA) is 50.4 Å². The highest BCUT2D eigenvalue weighted by molar-refractivity contribution is 5.95. The molecule has 0 aromatic heterocycles. The van der Waals surface area contributed by atoms with Crippen LogP contribution >= 0.6 is 0 Å². The van der Waals surface area contributed by atoms with E-state index < -0.39 is 0 Å². The molecule has 4 heteroatoms. The van der Waals surface area contributed by atoms with Gasteiger partial charge in [0.2, 0.25) is 0 Å². The van der Waals surface area contributed by atoms with Crippen LogP contribution in [-0.2, 0) is 4.79 Å². The molecule has 1 heterocycles. The average Bonchev–Trinajstić information content (AvgIpc) is 3.21. The van der Waals surface area contributed by atoms with Crippen LogP contribution in [0, 0.1) is 5.92 Å². The lowest BCUT2D eigenvalue weighted by Gasteiger charge is -2.22. The number of benzene rings is 1. The predicted molar refractivity (Wildman–Crippen MR) is 74.3 cm³/mol. The van der Waals surface area contributed by atoms with Gasteiger partial charge in [0.05, 0.1) is 5.69 Å². The van der Waals surface area contributed by atoms with Gasteiger partial charge in [0, 0.05) is 6.04 Å². The molecule has 1 aromatic carbocycles. The van der Waals surface area contributed by atoms with E-state index in [2.05, 4.69) is 23.6 Å². The summed E-state index contributed by atoms with van der Waals surface area (Å²) in [5.41, 5.74) is 2.03. The van der Waals surface area contributed by atoms with Gasteiger partial charge in [-0.15, -0.1) is 0 Å². The molecule has 1 unspecified atom stereocenters. The Morgan fingerprint density at radius 3 is 3.05 bits per heavy atom. The predicted octanol–water partition coefficient (Wildman–Crippen LogP) is 2.47.